The van der Waals surface area contributed by atoms with Crippen LogP contribution >= 0.6 is 43.5 Å². The van der Waals surface area contributed by atoms with Gasteiger partial charge in [-0.2, -0.15) is 0 Å². The van der Waals surface area contributed by atoms with Crippen molar-refractivity contribution >= 4 is 55.3 Å². The highest BCUT2D eigenvalue weighted by atomic mass is 79.9. The van der Waals surface area contributed by atoms with Crippen LogP contribution < -0.4 is 5.32 Å². The normalized spacial score (nSPS) is 24.7. The summed E-state index contributed by atoms with van der Waals surface area (Å²) < 4.78 is 0.707. The van der Waals surface area contributed by atoms with Gasteiger partial charge in [-0.3, -0.25) is 14.9 Å². The zero-order valence-electron chi connectivity index (χ0n) is 7.84. The van der Waals surface area contributed by atoms with Crippen LogP contribution in [0.5, 0.6) is 0 Å². The van der Waals surface area contributed by atoms with Crippen molar-refractivity contribution in [2.24, 2.45) is 0 Å². The molecule has 1 heterocycles. The molecule has 2 unspecified atom stereocenters. The summed E-state index contributed by atoms with van der Waals surface area (Å²) >= 11 is 12.4. The molecule has 0 aliphatic carbocycles. The van der Waals surface area contributed by atoms with E-state index in [0.717, 1.165) is 5.56 Å². The lowest BCUT2D eigenvalue weighted by molar-refractivity contribution is -0.125. The Labute approximate surface area is 114 Å². The van der Waals surface area contributed by atoms with Crippen LogP contribution in [0.15, 0.2) is 22.7 Å². The minimum absolute atomic E-state index is 0.291. The third kappa shape index (κ3) is 2.04. The molecule has 2 amide bonds. The first-order valence-corrected chi connectivity index (χ1v) is 6.53. The SMILES string of the molecule is O=C1NC(=O)C(c2ccc(Cl)c(Br)c2)C1Br. The van der Waals surface area contributed by atoms with Crippen LogP contribution in [-0.4, -0.2) is 16.6 Å². The molecule has 2 atom stereocenters. The van der Waals surface area contributed by atoms with Gasteiger partial charge in [-0.1, -0.05) is 33.6 Å². The first kappa shape index (κ1) is 12.1. The van der Waals surface area contributed by atoms with E-state index in [1.807, 2.05) is 0 Å². The number of imide groups is 1. The lowest BCUT2D eigenvalue weighted by Gasteiger charge is -2.10. The van der Waals surface area contributed by atoms with Crippen LogP contribution in [0.2, 0.25) is 5.02 Å². The van der Waals surface area contributed by atoms with Gasteiger partial charge in [0, 0.05) is 4.47 Å². The molecule has 16 heavy (non-hydrogen) atoms. The molecule has 84 valence electrons. The summed E-state index contributed by atoms with van der Waals surface area (Å²) in [4.78, 5) is 22.4. The van der Waals surface area contributed by atoms with Crippen molar-refractivity contribution in [1.82, 2.24) is 5.32 Å². The highest BCUT2D eigenvalue weighted by molar-refractivity contribution is 9.10. The van der Waals surface area contributed by atoms with Crippen molar-refractivity contribution in [3.05, 3.63) is 33.3 Å². The molecule has 6 heteroatoms. The van der Waals surface area contributed by atoms with Gasteiger partial charge in [0.05, 0.1) is 10.9 Å². The van der Waals surface area contributed by atoms with Crippen LogP contribution in [0, 0.1) is 0 Å². The fourth-order valence-corrected chi connectivity index (χ4v) is 2.75. The summed E-state index contributed by atoms with van der Waals surface area (Å²) in [5.74, 6) is -1.09. The topological polar surface area (TPSA) is 46.2 Å². The fraction of sp³-hybridized carbons (Fsp3) is 0.200. The first-order valence-electron chi connectivity index (χ1n) is 4.44. The van der Waals surface area contributed by atoms with Gasteiger partial charge < -0.3 is 0 Å². The third-order valence-corrected chi connectivity index (χ3v) is 4.53. The Morgan fingerprint density at radius 2 is 1.94 bits per heavy atom. The van der Waals surface area contributed by atoms with Crippen LogP contribution in [0.3, 0.4) is 0 Å². The molecule has 3 nitrogen and oxygen atoms in total. The zero-order chi connectivity index (χ0) is 11.9. The highest BCUT2D eigenvalue weighted by Gasteiger charge is 2.40. The molecule has 0 saturated carbocycles. The minimum Gasteiger partial charge on any atom is -0.295 e. The molecule has 1 saturated heterocycles. The van der Waals surface area contributed by atoms with Crippen LogP contribution in [0.25, 0.3) is 0 Å². The molecule has 1 fully saturated rings. The summed E-state index contributed by atoms with van der Waals surface area (Å²) in [5.41, 5.74) is 0.751. The van der Waals surface area contributed by atoms with Crippen LogP contribution in [-0.2, 0) is 9.59 Å². The van der Waals surface area contributed by atoms with Gasteiger partial charge >= 0.3 is 0 Å². The Bertz CT molecular complexity index is 478. The summed E-state index contributed by atoms with van der Waals surface area (Å²) in [7, 11) is 0. The van der Waals surface area contributed by atoms with E-state index in [1.165, 1.54) is 0 Å². The monoisotopic (exact) mass is 365 g/mol. The molecule has 0 aromatic heterocycles. The van der Waals surface area contributed by atoms with Crippen molar-refractivity contribution in [3.8, 4) is 0 Å². The molecule has 0 bridgehead atoms. The van der Waals surface area contributed by atoms with E-state index in [2.05, 4.69) is 37.2 Å². The van der Waals surface area contributed by atoms with Crippen molar-refractivity contribution in [1.29, 1.82) is 0 Å². The van der Waals surface area contributed by atoms with Crippen LogP contribution in [0.4, 0.5) is 0 Å². The van der Waals surface area contributed by atoms with E-state index in [0.29, 0.717) is 9.50 Å². The first-order chi connectivity index (χ1) is 7.50. The predicted octanol–water partition coefficient (Wildman–Crippen LogP) is 2.61. The largest absolute Gasteiger partial charge is 0.295 e. The van der Waals surface area contributed by atoms with E-state index in [4.69, 9.17) is 11.6 Å². The Kier molecular flexibility index (Phi) is 3.37. The van der Waals surface area contributed by atoms with Gasteiger partial charge in [-0.15, -0.1) is 0 Å². The quantitative estimate of drug-likeness (QED) is 0.613. The average molecular weight is 367 g/mol. The van der Waals surface area contributed by atoms with E-state index in [9.17, 15) is 9.59 Å². The highest BCUT2D eigenvalue weighted by Crippen LogP contribution is 2.33. The molecule has 1 aromatic rings. The number of carbonyl (C=O) groups is 2. The molecule has 2 rings (SSSR count). The number of amides is 2. The molecular formula is C10H6Br2ClNO2. The standard InChI is InChI=1S/C10H6Br2ClNO2/c11-5-3-4(1-2-6(5)13)7-8(12)10(16)14-9(7)15/h1-3,7-8H,(H,14,15,16). The average Bonchev–Trinajstić information content (AvgIpc) is 2.47. The molecule has 1 aromatic carbocycles. The fourth-order valence-electron chi connectivity index (χ4n) is 1.58. The third-order valence-electron chi connectivity index (χ3n) is 2.37. The lowest BCUT2D eigenvalue weighted by Crippen LogP contribution is -2.22. The Morgan fingerprint density at radius 3 is 2.44 bits per heavy atom. The number of rotatable bonds is 1. The molecule has 0 radical (unpaired) electrons. The molecular weight excluding hydrogens is 361 g/mol. The number of hydrogen-bond acceptors (Lipinski definition) is 2. The van der Waals surface area contributed by atoms with Crippen molar-refractivity contribution in [2.45, 2.75) is 10.7 Å². The molecule has 1 aliphatic heterocycles. The van der Waals surface area contributed by atoms with Crippen molar-refractivity contribution < 1.29 is 9.59 Å². The van der Waals surface area contributed by atoms with Gasteiger partial charge in [0.25, 0.3) is 0 Å². The number of halogens is 3. The van der Waals surface area contributed by atoms with E-state index in [-0.39, 0.29) is 11.8 Å². The van der Waals surface area contributed by atoms with Crippen molar-refractivity contribution in [2.75, 3.05) is 0 Å². The number of alkyl halides is 1. The van der Waals surface area contributed by atoms with Crippen LogP contribution in [0.1, 0.15) is 11.5 Å². The van der Waals surface area contributed by atoms with E-state index in [1.54, 1.807) is 18.2 Å². The Hall–Kier alpha value is -0.390. The van der Waals surface area contributed by atoms with Gasteiger partial charge in [0.15, 0.2) is 0 Å². The number of hydrogen-bond donors (Lipinski definition) is 1. The number of benzene rings is 1. The maximum Gasteiger partial charge on any atom is 0.241 e. The second kappa shape index (κ2) is 4.47. The second-order valence-corrected chi connectivity index (χ2v) is 5.65. The van der Waals surface area contributed by atoms with E-state index < -0.39 is 10.7 Å². The maximum absolute atomic E-state index is 11.6. The Balaban J connectivity index is 2.40. The zero-order valence-corrected chi connectivity index (χ0v) is 11.8. The smallest absolute Gasteiger partial charge is 0.241 e. The lowest BCUT2D eigenvalue weighted by atomic mass is 9.98. The van der Waals surface area contributed by atoms with Gasteiger partial charge in [-0.25, -0.2) is 0 Å². The van der Waals surface area contributed by atoms with Gasteiger partial charge in [-0.05, 0) is 33.6 Å². The molecule has 1 N–H and O–H groups in total. The molecule has 0 spiro atoms. The van der Waals surface area contributed by atoms with Crippen molar-refractivity contribution in [3.63, 3.8) is 0 Å². The Morgan fingerprint density at radius 1 is 1.25 bits per heavy atom. The van der Waals surface area contributed by atoms with E-state index >= 15 is 0 Å². The number of carbonyl (C=O) groups excluding carboxylic acids is 2. The van der Waals surface area contributed by atoms with Gasteiger partial charge in [0.2, 0.25) is 11.8 Å². The summed E-state index contributed by atoms with van der Waals surface area (Å²) in [6, 6.07) is 5.18. The second-order valence-electron chi connectivity index (χ2n) is 3.41. The molecule has 1 aliphatic rings. The minimum atomic E-state index is -0.520. The summed E-state index contributed by atoms with van der Waals surface area (Å²) in [6.07, 6.45) is 0. The summed E-state index contributed by atoms with van der Waals surface area (Å²) in [6.45, 7) is 0. The van der Waals surface area contributed by atoms with Gasteiger partial charge in [0.1, 0.15) is 4.83 Å². The predicted molar refractivity (Wildman–Crippen MR) is 67.8 cm³/mol. The number of nitrogens with one attached hydrogen (secondary N) is 1. The maximum atomic E-state index is 11.6. The summed E-state index contributed by atoms with van der Waals surface area (Å²) in [5, 5.41) is 2.85.